The molecule has 0 radical (unpaired) electrons. The third-order valence-corrected chi connectivity index (χ3v) is 4.55. The number of halogens is 3. The maximum Gasteiger partial charge on any atom is 0.434 e. The molecule has 1 aliphatic heterocycles. The molecule has 2 heterocycles. The Balaban J connectivity index is 1.90. The first-order chi connectivity index (χ1) is 12.2. The zero-order chi connectivity index (χ0) is 18.9. The molecule has 2 N–H and O–H groups in total. The normalized spacial score (nSPS) is 16.0. The number of hydrogen-bond donors (Lipinski definition) is 2. The van der Waals surface area contributed by atoms with Crippen LogP contribution < -0.4 is 10.4 Å². The van der Waals surface area contributed by atoms with Crippen LogP contribution in [0.4, 0.5) is 19.0 Å². The smallest absolute Gasteiger partial charge is 0.360 e. The largest absolute Gasteiger partial charge is 0.434 e. The molecule has 140 valence electrons. The number of benzene rings is 1. The van der Waals surface area contributed by atoms with Gasteiger partial charge in [-0.05, 0) is 30.5 Å². The van der Waals surface area contributed by atoms with Crippen molar-refractivity contribution in [1.29, 1.82) is 0 Å². The van der Waals surface area contributed by atoms with Crippen LogP contribution in [0.3, 0.4) is 0 Å². The van der Waals surface area contributed by atoms with Gasteiger partial charge in [-0.15, -0.1) is 0 Å². The van der Waals surface area contributed by atoms with E-state index in [0.29, 0.717) is 19.0 Å². The van der Waals surface area contributed by atoms with Crippen molar-refractivity contribution < 1.29 is 23.1 Å². The summed E-state index contributed by atoms with van der Waals surface area (Å²) in [6.07, 6.45) is -2.60. The van der Waals surface area contributed by atoms with Crippen molar-refractivity contribution in [2.75, 3.05) is 11.6 Å². The van der Waals surface area contributed by atoms with Crippen LogP contribution in [0.1, 0.15) is 36.2 Å². The van der Waals surface area contributed by atoms with E-state index in [1.807, 2.05) is 42.4 Å². The Morgan fingerprint density at radius 1 is 1.27 bits per heavy atom. The van der Waals surface area contributed by atoms with E-state index >= 15 is 0 Å². The molecule has 9 heteroatoms. The van der Waals surface area contributed by atoms with Crippen LogP contribution in [0.2, 0.25) is 0 Å². The molecule has 0 spiro atoms. The average Bonchev–Trinajstić information content (AvgIpc) is 2.87. The lowest BCUT2D eigenvalue weighted by Crippen LogP contribution is -2.36. The topological polar surface area (TPSA) is 70.5 Å². The fraction of sp³-hybridized carbons (Fsp3) is 0.412. The fourth-order valence-corrected chi connectivity index (χ4v) is 3.21. The van der Waals surface area contributed by atoms with Crippen molar-refractivity contribution in [3.63, 3.8) is 0 Å². The molecule has 3 rings (SSSR count). The van der Waals surface area contributed by atoms with Crippen molar-refractivity contribution in [2.24, 2.45) is 0 Å². The minimum atomic E-state index is -4.51. The van der Waals surface area contributed by atoms with E-state index in [2.05, 4.69) is 9.97 Å². The lowest BCUT2D eigenvalue weighted by atomic mass is 9.92. The van der Waals surface area contributed by atoms with Gasteiger partial charge in [0.1, 0.15) is 12.5 Å². The van der Waals surface area contributed by atoms with E-state index in [0.717, 1.165) is 29.1 Å². The predicted octanol–water partition coefficient (Wildman–Crippen LogP) is 3.20. The van der Waals surface area contributed by atoms with Gasteiger partial charge in [0.2, 0.25) is 0 Å². The first kappa shape index (κ1) is 18.6. The van der Waals surface area contributed by atoms with Gasteiger partial charge in [-0.2, -0.15) is 18.7 Å². The molecule has 26 heavy (non-hydrogen) atoms. The minimum absolute atomic E-state index is 0.00115. The first-order valence-electron chi connectivity index (χ1n) is 7.98. The van der Waals surface area contributed by atoms with Crippen LogP contribution in [0.15, 0.2) is 30.6 Å². The molecule has 1 aromatic carbocycles. The molecule has 0 aliphatic carbocycles. The van der Waals surface area contributed by atoms with Gasteiger partial charge >= 0.3 is 6.18 Å². The van der Waals surface area contributed by atoms with E-state index < -0.39 is 17.4 Å². The number of alkyl halides is 3. The molecule has 6 nitrogen and oxygen atoms in total. The Labute approximate surface area is 148 Å². The highest BCUT2D eigenvalue weighted by molar-refractivity contribution is 5.55. The number of aromatic nitrogens is 2. The Morgan fingerprint density at radius 2 is 2.04 bits per heavy atom. The summed E-state index contributed by atoms with van der Waals surface area (Å²) in [4.78, 5) is 9.41. The molecule has 0 amide bonds. The van der Waals surface area contributed by atoms with E-state index in [4.69, 9.17) is 9.94 Å². The molecule has 0 bridgehead atoms. The molecule has 2 aromatic rings. The molecule has 1 aliphatic rings. The van der Waals surface area contributed by atoms with Crippen LogP contribution in [0, 0.1) is 0 Å². The van der Waals surface area contributed by atoms with Gasteiger partial charge in [0.15, 0.2) is 5.69 Å². The van der Waals surface area contributed by atoms with Crippen LogP contribution in [0.5, 0.6) is 0 Å². The number of anilines is 1. The maximum absolute atomic E-state index is 12.7. The number of hydrogen-bond acceptors (Lipinski definition) is 6. The Kier molecular flexibility index (Phi) is 4.87. The summed E-state index contributed by atoms with van der Waals surface area (Å²) < 4.78 is 43.5. The number of rotatable bonds is 5. The van der Waals surface area contributed by atoms with Crippen molar-refractivity contribution in [3.05, 3.63) is 53.0 Å². The second kappa shape index (κ2) is 6.82. The van der Waals surface area contributed by atoms with Crippen LogP contribution in [-0.4, -0.2) is 21.9 Å². The van der Waals surface area contributed by atoms with Gasteiger partial charge in [0.25, 0.3) is 0 Å². The minimum Gasteiger partial charge on any atom is -0.360 e. The second-order valence-electron chi connectivity index (χ2n) is 6.50. The molecular weight excluding hydrogens is 349 g/mol. The third kappa shape index (κ3) is 3.37. The summed E-state index contributed by atoms with van der Waals surface area (Å²) in [7, 11) is 0. The summed E-state index contributed by atoms with van der Waals surface area (Å²) in [5, 5.41) is 8.61. The molecule has 0 fully saturated rings. The number of hydroxylamine groups is 1. The Morgan fingerprint density at radius 3 is 2.65 bits per heavy atom. The number of nitrogens with one attached hydrogen (secondary N) is 1. The van der Waals surface area contributed by atoms with Crippen molar-refractivity contribution in [1.82, 2.24) is 15.4 Å². The molecule has 0 saturated carbocycles. The van der Waals surface area contributed by atoms with Gasteiger partial charge in [-0.1, -0.05) is 18.2 Å². The highest BCUT2D eigenvalue weighted by Gasteiger charge is 2.40. The van der Waals surface area contributed by atoms with Gasteiger partial charge < -0.3 is 14.8 Å². The zero-order valence-electron chi connectivity index (χ0n) is 14.3. The summed E-state index contributed by atoms with van der Waals surface area (Å²) in [6.45, 7) is 4.76. The Bertz CT molecular complexity index is 779. The second-order valence-corrected chi connectivity index (χ2v) is 6.50. The lowest BCUT2D eigenvalue weighted by Gasteiger charge is -2.33. The van der Waals surface area contributed by atoms with E-state index in [1.54, 1.807) is 0 Å². The van der Waals surface area contributed by atoms with Gasteiger partial charge in [-0.3, -0.25) is 0 Å². The van der Waals surface area contributed by atoms with Gasteiger partial charge in [0, 0.05) is 6.54 Å². The molecular formula is C17H19F3N4O2. The van der Waals surface area contributed by atoms with Crippen molar-refractivity contribution in [3.8, 4) is 0 Å². The van der Waals surface area contributed by atoms with Gasteiger partial charge in [0.05, 0.1) is 24.5 Å². The molecule has 0 atom stereocenters. The number of nitrogens with zero attached hydrogens (tertiary/aromatic N) is 3. The van der Waals surface area contributed by atoms with Gasteiger partial charge in [-0.25, -0.2) is 9.97 Å². The van der Waals surface area contributed by atoms with Crippen LogP contribution >= 0.6 is 0 Å². The SMILES string of the molecule is CC1(C)c2cccc(COCNO)c2CN1c1cnc(C(F)(F)F)cn1. The number of ether oxygens (including phenoxy) is 1. The Hall–Kier alpha value is -2.23. The molecule has 0 saturated heterocycles. The highest BCUT2D eigenvalue weighted by atomic mass is 19.4. The van der Waals surface area contributed by atoms with E-state index in [1.165, 1.54) is 0 Å². The summed E-state index contributed by atoms with van der Waals surface area (Å²) in [5.41, 5.74) is 3.50. The maximum atomic E-state index is 12.7. The predicted molar refractivity (Wildman–Crippen MR) is 87.3 cm³/mol. The van der Waals surface area contributed by atoms with Crippen molar-refractivity contribution in [2.45, 2.75) is 38.7 Å². The summed E-state index contributed by atoms with van der Waals surface area (Å²) in [6, 6.07) is 5.82. The van der Waals surface area contributed by atoms with Crippen LogP contribution in [-0.2, 0) is 29.6 Å². The average molecular weight is 368 g/mol. The molecule has 1 aromatic heterocycles. The molecule has 0 unspecified atom stereocenters. The number of fused-ring (bicyclic) bond motifs is 1. The zero-order valence-corrected chi connectivity index (χ0v) is 14.3. The quantitative estimate of drug-likeness (QED) is 0.480. The van der Waals surface area contributed by atoms with E-state index in [-0.39, 0.29) is 6.73 Å². The standard InChI is InChI=1S/C17H19F3N4O2/c1-16(2)13-5-3-4-11(9-26-10-23-25)12(13)8-24(16)15-7-21-14(6-22-15)17(18,19)20/h3-7,23,25H,8-10H2,1-2H3. The van der Waals surface area contributed by atoms with Crippen LogP contribution in [0.25, 0.3) is 0 Å². The highest BCUT2D eigenvalue weighted by Crippen LogP contribution is 2.42. The lowest BCUT2D eigenvalue weighted by molar-refractivity contribution is -0.141. The monoisotopic (exact) mass is 368 g/mol. The van der Waals surface area contributed by atoms with E-state index in [9.17, 15) is 13.2 Å². The third-order valence-electron chi connectivity index (χ3n) is 4.55. The summed E-state index contributed by atoms with van der Waals surface area (Å²) >= 11 is 0. The first-order valence-corrected chi connectivity index (χ1v) is 7.98. The van der Waals surface area contributed by atoms with Crippen molar-refractivity contribution >= 4 is 5.82 Å². The summed E-state index contributed by atoms with van der Waals surface area (Å²) in [5.74, 6) is 0.378. The fourth-order valence-electron chi connectivity index (χ4n) is 3.21.